The molecule has 0 radical (unpaired) electrons. The van der Waals surface area contributed by atoms with Crippen LogP contribution in [0.4, 0.5) is 22.0 Å². The third-order valence-corrected chi connectivity index (χ3v) is 4.49. The number of carbonyl (C=O) groups is 1. The minimum atomic E-state index is -4.47. The maximum absolute atomic E-state index is 13.0. The molecule has 0 N–H and O–H groups in total. The number of aromatic nitrogens is 3. The van der Waals surface area contributed by atoms with Crippen LogP contribution in [0.2, 0.25) is 5.02 Å². The van der Waals surface area contributed by atoms with E-state index in [1.165, 1.54) is 4.68 Å². The molecule has 2 rings (SSSR count). The van der Waals surface area contributed by atoms with Gasteiger partial charge in [0.2, 0.25) is 0 Å². The first-order valence-electron chi connectivity index (χ1n) is 8.93. The lowest BCUT2D eigenvalue weighted by Gasteiger charge is -2.17. The van der Waals surface area contributed by atoms with E-state index in [9.17, 15) is 26.7 Å². The molecule has 30 heavy (non-hydrogen) atoms. The van der Waals surface area contributed by atoms with Crippen molar-refractivity contribution >= 4 is 17.6 Å². The van der Waals surface area contributed by atoms with Gasteiger partial charge in [0.15, 0.2) is 5.69 Å². The molecule has 0 aliphatic heterocycles. The molecule has 0 bridgehead atoms. The monoisotopic (exact) mass is 455 g/mol. The molecule has 6 nitrogen and oxygen atoms in total. The van der Waals surface area contributed by atoms with E-state index in [4.69, 9.17) is 16.3 Å². The normalized spacial score (nSPS) is 12.9. The molecule has 1 atom stereocenters. The summed E-state index contributed by atoms with van der Waals surface area (Å²) in [6.45, 7) is 1.23. The second-order valence-corrected chi connectivity index (χ2v) is 6.62. The van der Waals surface area contributed by atoms with E-state index in [1.807, 2.05) is 0 Å². The van der Waals surface area contributed by atoms with Crippen molar-refractivity contribution in [1.82, 2.24) is 14.8 Å². The quantitative estimate of drug-likeness (QED) is 0.407. The molecule has 0 aliphatic rings. The predicted molar refractivity (Wildman–Crippen MR) is 97.7 cm³/mol. The molecule has 2 aromatic heterocycles. The lowest BCUT2D eigenvalue weighted by atomic mass is 10.0. The van der Waals surface area contributed by atoms with E-state index in [0.717, 1.165) is 19.2 Å². The number of rotatable bonds is 8. The largest absolute Gasteiger partial charge is 0.461 e. The summed E-state index contributed by atoms with van der Waals surface area (Å²) < 4.78 is 75.1. The van der Waals surface area contributed by atoms with E-state index in [-0.39, 0.29) is 40.8 Å². The minimum Gasteiger partial charge on any atom is -0.461 e. The van der Waals surface area contributed by atoms with Gasteiger partial charge in [-0.2, -0.15) is 27.1 Å². The standard InChI is InChI=1S/C18H19ClF5N3O3/c1-4-27-15(13(19)14(26-27)16(28)29-5-2)11-8-25-10(6-9(3)18(22,23)24)7-12(11)30-17(20)21/h7-9,17H,4-6H2,1-3H3. The summed E-state index contributed by atoms with van der Waals surface area (Å²) in [6, 6.07) is 0.997. The third-order valence-electron chi connectivity index (χ3n) is 4.13. The fraction of sp³-hybridized carbons (Fsp3) is 0.500. The smallest absolute Gasteiger partial charge is 0.391 e. The van der Waals surface area contributed by atoms with Gasteiger partial charge in [-0.3, -0.25) is 9.67 Å². The van der Waals surface area contributed by atoms with Gasteiger partial charge in [-0.25, -0.2) is 4.79 Å². The highest BCUT2D eigenvalue weighted by atomic mass is 35.5. The number of hydrogen-bond donors (Lipinski definition) is 0. The number of halogens is 6. The summed E-state index contributed by atoms with van der Waals surface area (Å²) in [5.41, 5.74) is -0.314. The number of ether oxygens (including phenoxy) is 2. The van der Waals surface area contributed by atoms with Crippen molar-refractivity contribution in [2.24, 2.45) is 5.92 Å². The molecule has 0 aromatic carbocycles. The van der Waals surface area contributed by atoms with Gasteiger partial charge in [-0.15, -0.1) is 0 Å². The summed E-state index contributed by atoms with van der Waals surface area (Å²) >= 11 is 6.26. The van der Waals surface area contributed by atoms with Crippen LogP contribution in [0.15, 0.2) is 12.3 Å². The first-order valence-corrected chi connectivity index (χ1v) is 9.31. The highest BCUT2D eigenvalue weighted by Gasteiger charge is 2.36. The summed E-state index contributed by atoms with van der Waals surface area (Å²) in [4.78, 5) is 16.0. The second kappa shape index (κ2) is 9.59. The third kappa shape index (κ3) is 5.38. The van der Waals surface area contributed by atoms with E-state index >= 15 is 0 Å². The average Bonchev–Trinajstić information content (AvgIpc) is 2.97. The van der Waals surface area contributed by atoms with Crippen LogP contribution in [0.1, 0.15) is 37.0 Å². The van der Waals surface area contributed by atoms with Gasteiger partial charge in [-0.05, 0) is 13.8 Å². The fourth-order valence-electron chi connectivity index (χ4n) is 2.65. The Morgan fingerprint density at radius 1 is 1.30 bits per heavy atom. The molecule has 0 saturated heterocycles. The Hall–Kier alpha value is -2.43. The Bertz CT molecular complexity index is 902. The molecule has 1 unspecified atom stereocenters. The van der Waals surface area contributed by atoms with Crippen LogP contribution in [0, 0.1) is 5.92 Å². The van der Waals surface area contributed by atoms with E-state index in [2.05, 4.69) is 14.8 Å². The van der Waals surface area contributed by atoms with Crippen LogP contribution < -0.4 is 4.74 Å². The topological polar surface area (TPSA) is 66.2 Å². The first-order chi connectivity index (χ1) is 14.0. The molecule has 166 valence electrons. The molecule has 0 spiro atoms. The number of hydrogen-bond acceptors (Lipinski definition) is 5. The van der Waals surface area contributed by atoms with Gasteiger partial charge in [0.05, 0.1) is 23.8 Å². The number of nitrogens with zero attached hydrogens (tertiary/aromatic N) is 3. The Kier molecular flexibility index (Phi) is 7.62. The van der Waals surface area contributed by atoms with Crippen LogP contribution in [0.5, 0.6) is 5.75 Å². The first kappa shape index (κ1) is 23.8. The molecule has 2 aromatic rings. The van der Waals surface area contributed by atoms with Crippen LogP contribution >= 0.6 is 11.6 Å². The van der Waals surface area contributed by atoms with Crippen LogP contribution in [0.25, 0.3) is 11.3 Å². The van der Waals surface area contributed by atoms with Crippen molar-refractivity contribution in [3.05, 3.63) is 28.7 Å². The summed E-state index contributed by atoms with van der Waals surface area (Å²) in [5, 5.41) is 3.86. The van der Waals surface area contributed by atoms with Crippen molar-refractivity contribution in [3.8, 4) is 17.0 Å². The summed E-state index contributed by atoms with van der Waals surface area (Å²) in [5.74, 6) is -2.98. The Labute approximate surface area is 173 Å². The second-order valence-electron chi connectivity index (χ2n) is 6.24. The van der Waals surface area contributed by atoms with Crippen LogP contribution in [-0.4, -0.2) is 40.1 Å². The minimum absolute atomic E-state index is 0.0476. The van der Waals surface area contributed by atoms with E-state index in [0.29, 0.717) is 0 Å². The maximum atomic E-state index is 13.0. The number of esters is 1. The molecule has 0 aliphatic carbocycles. The van der Waals surface area contributed by atoms with E-state index < -0.39 is 36.8 Å². The summed E-state index contributed by atoms with van der Waals surface area (Å²) in [6.07, 6.45) is -3.93. The Balaban J connectivity index is 2.56. The van der Waals surface area contributed by atoms with Crippen molar-refractivity contribution in [2.75, 3.05) is 6.61 Å². The zero-order valence-electron chi connectivity index (χ0n) is 16.3. The summed E-state index contributed by atoms with van der Waals surface area (Å²) in [7, 11) is 0. The average molecular weight is 456 g/mol. The van der Waals surface area contributed by atoms with Gasteiger partial charge >= 0.3 is 18.8 Å². The molecule has 0 amide bonds. The van der Waals surface area contributed by atoms with Gasteiger partial charge in [0.25, 0.3) is 0 Å². The van der Waals surface area contributed by atoms with E-state index in [1.54, 1.807) is 13.8 Å². The lowest BCUT2D eigenvalue weighted by molar-refractivity contribution is -0.169. The van der Waals surface area contributed by atoms with Gasteiger partial charge < -0.3 is 9.47 Å². The molecular formula is C18H19ClF5N3O3. The van der Waals surface area contributed by atoms with Gasteiger partial charge in [-0.1, -0.05) is 18.5 Å². The zero-order chi connectivity index (χ0) is 22.6. The lowest BCUT2D eigenvalue weighted by Crippen LogP contribution is -2.22. The Morgan fingerprint density at radius 2 is 1.97 bits per heavy atom. The highest BCUT2D eigenvalue weighted by Crippen LogP contribution is 2.38. The Morgan fingerprint density at radius 3 is 2.50 bits per heavy atom. The molecule has 0 saturated carbocycles. The number of aryl methyl sites for hydroxylation is 1. The number of alkyl halides is 5. The predicted octanol–water partition coefficient (Wildman–Crippen LogP) is 5.14. The van der Waals surface area contributed by atoms with Gasteiger partial charge in [0, 0.05) is 30.9 Å². The van der Waals surface area contributed by atoms with Crippen LogP contribution in [0.3, 0.4) is 0 Å². The molecule has 2 heterocycles. The van der Waals surface area contributed by atoms with Crippen molar-refractivity contribution in [3.63, 3.8) is 0 Å². The number of pyridine rings is 1. The van der Waals surface area contributed by atoms with Crippen molar-refractivity contribution in [1.29, 1.82) is 0 Å². The van der Waals surface area contributed by atoms with Crippen LogP contribution in [-0.2, 0) is 17.7 Å². The zero-order valence-corrected chi connectivity index (χ0v) is 17.0. The van der Waals surface area contributed by atoms with Crippen molar-refractivity contribution < 1.29 is 36.2 Å². The van der Waals surface area contributed by atoms with Crippen molar-refractivity contribution in [2.45, 2.75) is 46.5 Å². The molecular weight excluding hydrogens is 437 g/mol. The fourth-order valence-corrected chi connectivity index (χ4v) is 2.96. The highest BCUT2D eigenvalue weighted by molar-refractivity contribution is 6.35. The molecule has 0 fully saturated rings. The van der Waals surface area contributed by atoms with Gasteiger partial charge in [0.1, 0.15) is 10.8 Å². The maximum Gasteiger partial charge on any atom is 0.391 e. The number of carbonyl (C=O) groups excluding carboxylic acids is 1. The molecule has 12 heteroatoms. The SMILES string of the molecule is CCOC(=O)c1nn(CC)c(-c2cnc(CC(C)C(F)(F)F)cc2OC(F)F)c1Cl.